The minimum atomic E-state index is 0.474. The predicted molar refractivity (Wildman–Crippen MR) is 59.9 cm³/mol. The monoisotopic (exact) mass is 210 g/mol. The van der Waals surface area contributed by atoms with Crippen LogP contribution in [0, 0.1) is 11.8 Å². The average Bonchev–Trinajstić information content (AvgIpc) is 2.76. The van der Waals surface area contributed by atoms with Gasteiger partial charge >= 0.3 is 0 Å². The molecular formula is C12H22N2O. The van der Waals surface area contributed by atoms with Crippen LogP contribution in [0.1, 0.15) is 19.8 Å². The second kappa shape index (κ2) is 4.04. The van der Waals surface area contributed by atoms with Gasteiger partial charge in [-0.3, -0.25) is 4.90 Å². The fourth-order valence-electron chi connectivity index (χ4n) is 3.50. The van der Waals surface area contributed by atoms with Crippen LogP contribution in [-0.4, -0.2) is 49.8 Å². The maximum absolute atomic E-state index is 5.62. The molecule has 2 unspecified atom stereocenters. The number of rotatable bonds is 1. The van der Waals surface area contributed by atoms with Crippen LogP contribution >= 0.6 is 0 Å². The van der Waals surface area contributed by atoms with Gasteiger partial charge in [-0.1, -0.05) is 0 Å². The second-order valence-electron chi connectivity index (χ2n) is 5.49. The highest BCUT2D eigenvalue weighted by atomic mass is 16.5. The normalized spacial score (nSPS) is 47.0. The van der Waals surface area contributed by atoms with Gasteiger partial charge in [-0.25, -0.2) is 0 Å². The van der Waals surface area contributed by atoms with Gasteiger partial charge in [0.15, 0.2) is 0 Å². The van der Waals surface area contributed by atoms with E-state index in [1.807, 2.05) is 0 Å². The van der Waals surface area contributed by atoms with Crippen molar-refractivity contribution in [2.75, 3.05) is 32.8 Å². The zero-order valence-corrected chi connectivity index (χ0v) is 9.61. The summed E-state index contributed by atoms with van der Waals surface area (Å²) in [5.41, 5.74) is 0. The molecule has 3 heterocycles. The number of ether oxygens (including phenoxy) is 1. The van der Waals surface area contributed by atoms with Crippen molar-refractivity contribution < 1.29 is 4.74 Å². The topological polar surface area (TPSA) is 24.5 Å². The molecule has 3 aliphatic heterocycles. The molecule has 86 valence electrons. The first kappa shape index (κ1) is 10.1. The quantitative estimate of drug-likeness (QED) is 0.689. The lowest BCUT2D eigenvalue weighted by atomic mass is 10.0. The molecule has 0 aromatic rings. The van der Waals surface area contributed by atoms with Gasteiger partial charge in [0.2, 0.25) is 0 Å². The van der Waals surface area contributed by atoms with Gasteiger partial charge in [-0.2, -0.15) is 0 Å². The van der Waals surface area contributed by atoms with Crippen LogP contribution < -0.4 is 5.32 Å². The van der Waals surface area contributed by atoms with E-state index >= 15 is 0 Å². The maximum atomic E-state index is 5.62. The summed E-state index contributed by atoms with van der Waals surface area (Å²) in [6.45, 7) is 8.34. The lowest BCUT2D eigenvalue weighted by Crippen LogP contribution is -2.41. The third kappa shape index (κ3) is 1.93. The Morgan fingerprint density at radius 1 is 1.20 bits per heavy atom. The fraction of sp³-hybridized carbons (Fsp3) is 1.00. The molecule has 3 heteroatoms. The fourth-order valence-corrected chi connectivity index (χ4v) is 3.50. The Morgan fingerprint density at radius 3 is 2.60 bits per heavy atom. The van der Waals surface area contributed by atoms with Crippen molar-refractivity contribution in [2.24, 2.45) is 11.8 Å². The molecule has 3 aliphatic rings. The molecule has 0 spiro atoms. The summed E-state index contributed by atoms with van der Waals surface area (Å²) in [6.07, 6.45) is 2.96. The highest BCUT2D eigenvalue weighted by Crippen LogP contribution is 2.31. The van der Waals surface area contributed by atoms with Gasteiger partial charge in [0.1, 0.15) is 0 Å². The lowest BCUT2D eigenvalue weighted by molar-refractivity contribution is -0.0136. The average molecular weight is 210 g/mol. The minimum absolute atomic E-state index is 0.474. The summed E-state index contributed by atoms with van der Waals surface area (Å²) in [5.74, 6) is 1.87. The molecule has 0 aromatic carbocycles. The summed E-state index contributed by atoms with van der Waals surface area (Å²) < 4.78 is 5.62. The standard InChI is InChI=1S/C12H22N2O/c1-9-4-12(2-3-15-9)14-7-10-5-13-6-11(10)8-14/h9-13H,2-8H2,1H3/t9?,10-,11+,12?. The minimum Gasteiger partial charge on any atom is -0.378 e. The molecule has 0 radical (unpaired) electrons. The summed E-state index contributed by atoms with van der Waals surface area (Å²) in [5, 5.41) is 3.51. The lowest BCUT2D eigenvalue weighted by Gasteiger charge is -2.34. The second-order valence-corrected chi connectivity index (χ2v) is 5.49. The number of nitrogens with zero attached hydrogens (tertiary/aromatic N) is 1. The molecule has 15 heavy (non-hydrogen) atoms. The summed E-state index contributed by atoms with van der Waals surface area (Å²) >= 11 is 0. The van der Waals surface area contributed by atoms with Crippen LogP contribution in [0.2, 0.25) is 0 Å². The van der Waals surface area contributed by atoms with Crippen LogP contribution in [-0.2, 0) is 4.74 Å². The molecule has 3 saturated heterocycles. The van der Waals surface area contributed by atoms with E-state index in [2.05, 4.69) is 17.1 Å². The van der Waals surface area contributed by atoms with E-state index in [1.165, 1.54) is 39.0 Å². The molecule has 0 amide bonds. The van der Waals surface area contributed by atoms with Crippen LogP contribution in [0.3, 0.4) is 0 Å². The first-order valence-corrected chi connectivity index (χ1v) is 6.39. The van der Waals surface area contributed by atoms with E-state index in [0.29, 0.717) is 6.10 Å². The van der Waals surface area contributed by atoms with Crippen molar-refractivity contribution in [3.8, 4) is 0 Å². The van der Waals surface area contributed by atoms with Crippen molar-refractivity contribution in [1.29, 1.82) is 0 Å². The predicted octanol–water partition coefficient (Wildman–Crippen LogP) is 0.705. The summed E-state index contributed by atoms with van der Waals surface area (Å²) in [6, 6.07) is 0.805. The third-order valence-corrected chi connectivity index (χ3v) is 4.39. The Morgan fingerprint density at radius 2 is 1.93 bits per heavy atom. The molecule has 0 aromatic heterocycles. The highest BCUT2D eigenvalue weighted by Gasteiger charge is 2.39. The third-order valence-electron chi connectivity index (χ3n) is 4.39. The van der Waals surface area contributed by atoms with E-state index in [1.54, 1.807) is 0 Å². The molecule has 0 saturated carbocycles. The number of fused-ring (bicyclic) bond motifs is 1. The molecule has 3 rings (SSSR count). The summed E-state index contributed by atoms with van der Waals surface area (Å²) in [4.78, 5) is 2.73. The van der Waals surface area contributed by atoms with E-state index in [9.17, 15) is 0 Å². The van der Waals surface area contributed by atoms with Gasteiger partial charge in [-0.15, -0.1) is 0 Å². The van der Waals surface area contributed by atoms with Crippen LogP contribution in [0.15, 0.2) is 0 Å². The van der Waals surface area contributed by atoms with Crippen molar-refractivity contribution >= 4 is 0 Å². The first-order chi connectivity index (χ1) is 7.33. The van der Waals surface area contributed by atoms with Crippen molar-refractivity contribution in [2.45, 2.75) is 31.9 Å². The number of hydrogen-bond acceptors (Lipinski definition) is 3. The van der Waals surface area contributed by atoms with E-state index in [4.69, 9.17) is 4.74 Å². The largest absolute Gasteiger partial charge is 0.378 e. The van der Waals surface area contributed by atoms with E-state index in [0.717, 1.165) is 24.5 Å². The maximum Gasteiger partial charge on any atom is 0.0561 e. The molecule has 4 atom stereocenters. The molecule has 0 bridgehead atoms. The van der Waals surface area contributed by atoms with Crippen molar-refractivity contribution in [1.82, 2.24) is 10.2 Å². The molecule has 0 aliphatic carbocycles. The zero-order chi connectivity index (χ0) is 10.3. The summed E-state index contributed by atoms with van der Waals surface area (Å²) in [7, 11) is 0. The zero-order valence-electron chi connectivity index (χ0n) is 9.61. The highest BCUT2D eigenvalue weighted by molar-refractivity contribution is 4.94. The van der Waals surface area contributed by atoms with Gasteiger partial charge < -0.3 is 10.1 Å². The Labute approximate surface area is 92.2 Å². The van der Waals surface area contributed by atoms with Gasteiger partial charge in [0, 0.05) is 25.7 Å². The van der Waals surface area contributed by atoms with Crippen LogP contribution in [0.4, 0.5) is 0 Å². The molecular weight excluding hydrogens is 188 g/mol. The molecule has 3 fully saturated rings. The molecule has 1 N–H and O–H groups in total. The Bertz CT molecular complexity index is 222. The van der Waals surface area contributed by atoms with Gasteiger partial charge in [-0.05, 0) is 44.7 Å². The van der Waals surface area contributed by atoms with Crippen molar-refractivity contribution in [3.05, 3.63) is 0 Å². The van der Waals surface area contributed by atoms with Crippen LogP contribution in [0.5, 0.6) is 0 Å². The van der Waals surface area contributed by atoms with E-state index < -0.39 is 0 Å². The number of hydrogen-bond donors (Lipinski definition) is 1. The SMILES string of the molecule is CC1CC(N2C[C@H]3CNC[C@H]3C2)CCO1. The Kier molecular flexibility index (Phi) is 2.71. The van der Waals surface area contributed by atoms with E-state index in [-0.39, 0.29) is 0 Å². The van der Waals surface area contributed by atoms with Gasteiger partial charge in [0.25, 0.3) is 0 Å². The van der Waals surface area contributed by atoms with Crippen molar-refractivity contribution in [3.63, 3.8) is 0 Å². The Hall–Kier alpha value is -0.120. The number of nitrogens with one attached hydrogen (secondary N) is 1. The smallest absolute Gasteiger partial charge is 0.0561 e. The molecule has 3 nitrogen and oxygen atoms in total. The first-order valence-electron chi connectivity index (χ1n) is 6.39. The Balaban J connectivity index is 1.59. The van der Waals surface area contributed by atoms with Gasteiger partial charge in [0.05, 0.1) is 6.10 Å². The van der Waals surface area contributed by atoms with Crippen LogP contribution in [0.25, 0.3) is 0 Å². The number of likely N-dealkylation sites (tertiary alicyclic amines) is 1.